The maximum atomic E-state index is 11.5. The molecule has 1 aliphatic rings. The van der Waals surface area contributed by atoms with E-state index >= 15 is 0 Å². The summed E-state index contributed by atoms with van der Waals surface area (Å²) >= 11 is 0. The van der Waals surface area contributed by atoms with Crippen molar-refractivity contribution >= 4 is 0 Å². The second kappa shape index (κ2) is 2.96. The number of hydrogen-bond acceptors (Lipinski definition) is 3. The summed E-state index contributed by atoms with van der Waals surface area (Å²) in [7, 11) is 0. The number of nitrogens with zero attached hydrogens (tertiary/aromatic N) is 2. The third kappa shape index (κ3) is 1.37. The molecule has 0 unspecified atom stereocenters. The maximum Gasteiger partial charge on any atom is 0.267 e. The van der Waals surface area contributed by atoms with Gasteiger partial charge >= 0.3 is 0 Å². The smallest absolute Gasteiger partial charge is 0.267 e. The van der Waals surface area contributed by atoms with Crippen LogP contribution >= 0.6 is 0 Å². The highest BCUT2D eigenvalue weighted by Gasteiger charge is 2.20. The molecule has 13 heavy (non-hydrogen) atoms. The second-order valence-corrected chi connectivity index (χ2v) is 3.51. The molecule has 2 heterocycles. The normalized spacial score (nSPS) is 17.1. The zero-order valence-corrected chi connectivity index (χ0v) is 7.87. The van der Waals surface area contributed by atoms with E-state index in [0.717, 1.165) is 24.3 Å². The lowest BCUT2D eigenvalue weighted by molar-refractivity contribution is 0.305. The fourth-order valence-corrected chi connectivity index (χ4v) is 1.35. The molecule has 0 amide bonds. The van der Waals surface area contributed by atoms with Crippen LogP contribution < -0.4 is 10.9 Å². The van der Waals surface area contributed by atoms with Crippen LogP contribution in [0.5, 0.6) is 0 Å². The monoisotopic (exact) mass is 179 g/mol. The van der Waals surface area contributed by atoms with E-state index in [1.165, 1.54) is 0 Å². The SMILES string of the molecule is Cc1cc(=O)n(C2CNC2)nc1C. The molecule has 1 saturated heterocycles. The van der Waals surface area contributed by atoms with Crippen molar-refractivity contribution in [1.29, 1.82) is 0 Å². The van der Waals surface area contributed by atoms with Crippen LogP contribution in [0.3, 0.4) is 0 Å². The van der Waals surface area contributed by atoms with Gasteiger partial charge in [0.05, 0.1) is 11.7 Å². The highest BCUT2D eigenvalue weighted by Crippen LogP contribution is 2.08. The molecule has 1 N–H and O–H groups in total. The number of hydrogen-bond donors (Lipinski definition) is 1. The third-order valence-electron chi connectivity index (χ3n) is 2.50. The molecule has 1 aliphatic heterocycles. The molecule has 0 spiro atoms. The van der Waals surface area contributed by atoms with Crippen molar-refractivity contribution in [1.82, 2.24) is 15.1 Å². The Labute approximate surface area is 76.6 Å². The molecule has 1 fully saturated rings. The first-order chi connectivity index (χ1) is 6.18. The Hall–Kier alpha value is -1.16. The van der Waals surface area contributed by atoms with E-state index in [4.69, 9.17) is 0 Å². The maximum absolute atomic E-state index is 11.5. The standard InChI is InChI=1S/C9H13N3O/c1-6-3-9(13)12(11-7(6)2)8-4-10-5-8/h3,8,10H,4-5H2,1-2H3. The van der Waals surface area contributed by atoms with Crippen LogP contribution in [0.25, 0.3) is 0 Å². The molecule has 70 valence electrons. The van der Waals surface area contributed by atoms with Crippen molar-refractivity contribution in [3.8, 4) is 0 Å². The van der Waals surface area contributed by atoms with Gasteiger partial charge in [0.2, 0.25) is 0 Å². The van der Waals surface area contributed by atoms with E-state index in [1.807, 2.05) is 13.8 Å². The van der Waals surface area contributed by atoms with E-state index in [0.29, 0.717) is 0 Å². The molecular formula is C9H13N3O. The van der Waals surface area contributed by atoms with Crippen LogP contribution in [0.4, 0.5) is 0 Å². The Morgan fingerprint density at radius 3 is 2.77 bits per heavy atom. The lowest BCUT2D eigenvalue weighted by atomic mass is 10.2. The van der Waals surface area contributed by atoms with Crippen LogP contribution in [-0.4, -0.2) is 22.9 Å². The van der Waals surface area contributed by atoms with Crippen molar-refractivity contribution in [2.45, 2.75) is 19.9 Å². The van der Waals surface area contributed by atoms with Gasteiger partial charge in [0.15, 0.2) is 0 Å². The van der Waals surface area contributed by atoms with Crippen molar-refractivity contribution in [2.24, 2.45) is 0 Å². The molecule has 4 nitrogen and oxygen atoms in total. The van der Waals surface area contributed by atoms with Gasteiger partial charge in [0.25, 0.3) is 5.56 Å². The van der Waals surface area contributed by atoms with Gasteiger partial charge in [0.1, 0.15) is 0 Å². The van der Waals surface area contributed by atoms with E-state index < -0.39 is 0 Å². The van der Waals surface area contributed by atoms with Gasteiger partial charge in [-0.25, -0.2) is 4.68 Å². The molecule has 0 aromatic carbocycles. The fourth-order valence-electron chi connectivity index (χ4n) is 1.35. The van der Waals surface area contributed by atoms with Gasteiger partial charge < -0.3 is 5.32 Å². The molecule has 2 rings (SSSR count). The molecule has 1 aromatic rings. The largest absolute Gasteiger partial charge is 0.312 e. The summed E-state index contributed by atoms with van der Waals surface area (Å²) in [4.78, 5) is 11.5. The second-order valence-electron chi connectivity index (χ2n) is 3.51. The quantitative estimate of drug-likeness (QED) is 0.660. The molecule has 0 atom stereocenters. The van der Waals surface area contributed by atoms with Gasteiger partial charge in [-0.2, -0.15) is 5.10 Å². The van der Waals surface area contributed by atoms with Crippen molar-refractivity contribution in [3.05, 3.63) is 27.7 Å². The lowest BCUT2D eigenvalue weighted by Gasteiger charge is -2.28. The molecule has 1 aromatic heterocycles. The summed E-state index contributed by atoms with van der Waals surface area (Å²) in [6, 6.07) is 1.91. The van der Waals surface area contributed by atoms with Gasteiger partial charge in [-0.05, 0) is 19.4 Å². The molecule has 0 bridgehead atoms. The highest BCUT2D eigenvalue weighted by molar-refractivity contribution is 5.14. The van der Waals surface area contributed by atoms with Gasteiger partial charge in [-0.15, -0.1) is 0 Å². The van der Waals surface area contributed by atoms with Crippen LogP contribution in [0.15, 0.2) is 10.9 Å². The van der Waals surface area contributed by atoms with Crippen molar-refractivity contribution in [3.63, 3.8) is 0 Å². The average Bonchev–Trinajstić information content (AvgIpc) is 1.96. The Balaban J connectivity index is 2.45. The number of nitrogens with one attached hydrogen (secondary N) is 1. The van der Waals surface area contributed by atoms with E-state index in [-0.39, 0.29) is 11.6 Å². The summed E-state index contributed by atoms with van der Waals surface area (Å²) in [5.74, 6) is 0. The number of aryl methyl sites for hydroxylation is 2. The predicted molar refractivity (Wildman–Crippen MR) is 49.9 cm³/mol. The van der Waals surface area contributed by atoms with Gasteiger partial charge in [0, 0.05) is 19.2 Å². The predicted octanol–water partition coefficient (Wildman–Crippen LogP) is 0.00444. The molecule has 0 aliphatic carbocycles. The zero-order valence-electron chi connectivity index (χ0n) is 7.87. The minimum absolute atomic E-state index is 0.00889. The molecule has 0 radical (unpaired) electrons. The Kier molecular flexibility index (Phi) is 1.92. The zero-order chi connectivity index (χ0) is 9.42. The Bertz CT molecular complexity index is 379. The minimum atomic E-state index is 0.00889. The van der Waals surface area contributed by atoms with Crippen molar-refractivity contribution in [2.75, 3.05) is 13.1 Å². The highest BCUT2D eigenvalue weighted by atomic mass is 16.1. The summed E-state index contributed by atoms with van der Waals surface area (Å²) in [6.07, 6.45) is 0. The first kappa shape index (κ1) is 8.44. The molecular weight excluding hydrogens is 166 g/mol. The van der Waals surface area contributed by atoms with Crippen LogP contribution in [-0.2, 0) is 0 Å². The Morgan fingerprint density at radius 2 is 2.23 bits per heavy atom. The molecule has 4 heteroatoms. The molecule has 0 saturated carbocycles. The van der Waals surface area contributed by atoms with Crippen LogP contribution in [0, 0.1) is 13.8 Å². The van der Waals surface area contributed by atoms with Gasteiger partial charge in [-0.1, -0.05) is 0 Å². The third-order valence-corrected chi connectivity index (χ3v) is 2.50. The minimum Gasteiger partial charge on any atom is -0.312 e. The number of aromatic nitrogens is 2. The van der Waals surface area contributed by atoms with E-state index in [2.05, 4.69) is 10.4 Å². The van der Waals surface area contributed by atoms with E-state index in [9.17, 15) is 4.79 Å². The lowest BCUT2D eigenvalue weighted by Crippen LogP contribution is -2.48. The fraction of sp³-hybridized carbons (Fsp3) is 0.556. The van der Waals surface area contributed by atoms with Gasteiger partial charge in [-0.3, -0.25) is 4.79 Å². The van der Waals surface area contributed by atoms with Crippen molar-refractivity contribution < 1.29 is 0 Å². The first-order valence-electron chi connectivity index (χ1n) is 4.46. The average molecular weight is 179 g/mol. The topological polar surface area (TPSA) is 46.9 Å². The summed E-state index contributed by atoms with van der Waals surface area (Å²) < 4.78 is 1.58. The summed E-state index contributed by atoms with van der Waals surface area (Å²) in [5.41, 5.74) is 1.91. The number of rotatable bonds is 1. The summed E-state index contributed by atoms with van der Waals surface area (Å²) in [6.45, 7) is 5.55. The summed E-state index contributed by atoms with van der Waals surface area (Å²) in [5, 5.41) is 7.38. The van der Waals surface area contributed by atoms with Crippen LogP contribution in [0.2, 0.25) is 0 Å². The Morgan fingerprint density at radius 1 is 1.54 bits per heavy atom. The van der Waals surface area contributed by atoms with Crippen LogP contribution in [0.1, 0.15) is 17.3 Å². The first-order valence-corrected chi connectivity index (χ1v) is 4.46. The van der Waals surface area contributed by atoms with E-state index in [1.54, 1.807) is 10.7 Å².